The zero-order chi connectivity index (χ0) is 12.8. The van der Waals surface area contributed by atoms with Crippen LogP contribution >= 0.6 is 15.9 Å². The topological polar surface area (TPSA) is 47.0 Å². The molecule has 4 nitrogen and oxygen atoms in total. The third-order valence-electron chi connectivity index (χ3n) is 2.19. The Hall–Kier alpha value is -0.680. The van der Waals surface area contributed by atoms with Gasteiger partial charge < -0.3 is 10.1 Å². The van der Waals surface area contributed by atoms with Crippen LogP contribution in [0, 0.1) is 5.92 Å². The van der Waals surface area contributed by atoms with Crippen molar-refractivity contribution in [3.63, 3.8) is 0 Å². The van der Waals surface area contributed by atoms with Gasteiger partial charge in [-0.1, -0.05) is 13.8 Å². The third kappa shape index (κ3) is 4.24. The molecule has 0 unspecified atom stereocenters. The van der Waals surface area contributed by atoms with E-state index in [1.807, 2.05) is 6.92 Å². The molecule has 0 saturated heterocycles. The lowest BCUT2D eigenvalue weighted by Crippen LogP contribution is -2.10. The summed E-state index contributed by atoms with van der Waals surface area (Å²) >= 11 is 3.57. The second-order valence-corrected chi connectivity index (χ2v) is 5.10. The zero-order valence-corrected chi connectivity index (χ0v) is 12.5. The summed E-state index contributed by atoms with van der Waals surface area (Å²) in [6.07, 6.45) is 0.929. The molecule has 0 atom stereocenters. The van der Waals surface area contributed by atoms with Crippen molar-refractivity contribution < 1.29 is 4.74 Å². The average molecular weight is 302 g/mol. The second kappa shape index (κ2) is 6.91. The van der Waals surface area contributed by atoms with Crippen LogP contribution in [0.1, 0.15) is 32.3 Å². The van der Waals surface area contributed by atoms with E-state index >= 15 is 0 Å². The van der Waals surface area contributed by atoms with Gasteiger partial charge >= 0.3 is 0 Å². The molecule has 1 aromatic rings. The molecule has 1 heterocycles. The Bertz CT molecular complexity index is 369. The van der Waals surface area contributed by atoms with Gasteiger partial charge in [-0.15, -0.1) is 0 Å². The predicted octanol–water partition coefficient (Wildman–Crippen LogP) is 3.02. The van der Waals surface area contributed by atoms with Crippen LogP contribution < -0.4 is 5.32 Å². The number of nitrogens with one attached hydrogen (secondary N) is 1. The second-order valence-electron chi connectivity index (χ2n) is 4.31. The van der Waals surface area contributed by atoms with Gasteiger partial charge in [0, 0.05) is 13.7 Å². The molecule has 0 radical (unpaired) electrons. The van der Waals surface area contributed by atoms with Crippen LogP contribution in [-0.2, 0) is 17.8 Å². The molecule has 0 amide bonds. The zero-order valence-electron chi connectivity index (χ0n) is 10.9. The van der Waals surface area contributed by atoms with E-state index in [4.69, 9.17) is 4.74 Å². The van der Waals surface area contributed by atoms with E-state index in [0.717, 1.165) is 34.8 Å². The minimum absolute atomic E-state index is 0.441. The van der Waals surface area contributed by atoms with E-state index in [1.165, 1.54) is 0 Å². The highest BCUT2D eigenvalue weighted by Gasteiger charge is 2.12. The molecule has 1 N–H and O–H groups in total. The Kier molecular flexibility index (Phi) is 5.85. The first-order valence-electron chi connectivity index (χ1n) is 5.86. The van der Waals surface area contributed by atoms with Gasteiger partial charge in [-0.05, 0) is 35.2 Å². The third-order valence-corrected chi connectivity index (χ3v) is 3.02. The number of aromatic nitrogens is 2. The summed E-state index contributed by atoms with van der Waals surface area (Å²) in [5.74, 6) is 2.14. The predicted molar refractivity (Wildman–Crippen MR) is 73.2 cm³/mol. The first-order valence-corrected chi connectivity index (χ1v) is 6.65. The lowest BCUT2D eigenvalue weighted by molar-refractivity contribution is 0.177. The maximum atomic E-state index is 5.09. The normalized spacial score (nSPS) is 10.9. The largest absolute Gasteiger partial charge is 0.377 e. The summed E-state index contributed by atoms with van der Waals surface area (Å²) in [6.45, 7) is 7.68. The monoisotopic (exact) mass is 301 g/mol. The van der Waals surface area contributed by atoms with Gasteiger partial charge in [-0.3, -0.25) is 0 Å². The Morgan fingerprint density at radius 2 is 2.06 bits per heavy atom. The molecule has 0 fully saturated rings. The summed E-state index contributed by atoms with van der Waals surface area (Å²) < 4.78 is 6.06. The van der Waals surface area contributed by atoms with Crippen LogP contribution in [0.15, 0.2) is 4.47 Å². The van der Waals surface area contributed by atoms with Gasteiger partial charge in [-0.25, -0.2) is 9.97 Å². The molecule has 1 rings (SSSR count). The van der Waals surface area contributed by atoms with Crippen molar-refractivity contribution in [2.45, 2.75) is 33.8 Å². The molecule has 17 heavy (non-hydrogen) atoms. The van der Waals surface area contributed by atoms with Crippen molar-refractivity contribution in [3.05, 3.63) is 16.0 Å². The molecule has 0 aromatic carbocycles. The highest BCUT2D eigenvalue weighted by atomic mass is 79.9. The van der Waals surface area contributed by atoms with Crippen LogP contribution in [0.5, 0.6) is 0 Å². The van der Waals surface area contributed by atoms with Gasteiger partial charge in [0.25, 0.3) is 0 Å². The van der Waals surface area contributed by atoms with E-state index < -0.39 is 0 Å². The van der Waals surface area contributed by atoms with Crippen molar-refractivity contribution >= 4 is 21.7 Å². The van der Waals surface area contributed by atoms with Crippen LogP contribution in [0.4, 0.5) is 5.82 Å². The van der Waals surface area contributed by atoms with Crippen molar-refractivity contribution in [1.82, 2.24) is 9.97 Å². The lowest BCUT2D eigenvalue weighted by atomic mass is 10.1. The van der Waals surface area contributed by atoms with Crippen LogP contribution in [0.2, 0.25) is 0 Å². The quantitative estimate of drug-likeness (QED) is 0.877. The lowest BCUT2D eigenvalue weighted by Gasteiger charge is -2.13. The Morgan fingerprint density at radius 1 is 1.35 bits per heavy atom. The molecule has 0 saturated carbocycles. The fourth-order valence-electron chi connectivity index (χ4n) is 1.54. The molecular formula is C12H20BrN3O. The molecule has 1 aromatic heterocycles. The number of hydrogen-bond acceptors (Lipinski definition) is 4. The first kappa shape index (κ1) is 14.4. The van der Waals surface area contributed by atoms with Crippen molar-refractivity contribution in [2.24, 2.45) is 5.92 Å². The van der Waals surface area contributed by atoms with Crippen LogP contribution in [0.25, 0.3) is 0 Å². The summed E-state index contributed by atoms with van der Waals surface area (Å²) in [6, 6.07) is 0. The number of methoxy groups -OCH3 is 1. The van der Waals surface area contributed by atoms with Gasteiger partial charge in [-0.2, -0.15) is 0 Å². The molecule has 0 aliphatic heterocycles. The minimum atomic E-state index is 0.441. The van der Waals surface area contributed by atoms with E-state index in [0.29, 0.717) is 12.5 Å². The maximum Gasteiger partial charge on any atom is 0.156 e. The van der Waals surface area contributed by atoms with E-state index in [2.05, 4.69) is 45.1 Å². The number of halogens is 1. The SMILES string of the molecule is CCNc1nc(COC)nc(CC(C)C)c1Br. The van der Waals surface area contributed by atoms with E-state index in [-0.39, 0.29) is 0 Å². The Balaban J connectivity index is 3.07. The molecule has 0 aliphatic rings. The molecule has 0 aliphatic carbocycles. The fraction of sp³-hybridized carbons (Fsp3) is 0.667. The van der Waals surface area contributed by atoms with Gasteiger partial charge in [0.15, 0.2) is 5.82 Å². The first-order chi connectivity index (χ1) is 8.08. The van der Waals surface area contributed by atoms with Crippen molar-refractivity contribution in [1.29, 1.82) is 0 Å². The molecule has 5 heteroatoms. The summed E-state index contributed by atoms with van der Waals surface area (Å²) in [7, 11) is 1.65. The number of anilines is 1. The Labute approximate surface area is 111 Å². The van der Waals surface area contributed by atoms with E-state index in [1.54, 1.807) is 7.11 Å². The standard InChI is InChI=1S/C12H20BrN3O/c1-5-14-12-11(13)9(6-8(2)3)15-10(16-12)7-17-4/h8H,5-7H2,1-4H3,(H,14,15,16). The highest BCUT2D eigenvalue weighted by Crippen LogP contribution is 2.25. The Morgan fingerprint density at radius 3 is 2.59 bits per heavy atom. The highest BCUT2D eigenvalue weighted by molar-refractivity contribution is 9.10. The summed E-state index contributed by atoms with van der Waals surface area (Å²) in [5, 5.41) is 3.23. The number of hydrogen-bond donors (Lipinski definition) is 1. The number of rotatable bonds is 6. The van der Waals surface area contributed by atoms with Crippen molar-refractivity contribution in [3.8, 4) is 0 Å². The summed E-state index contributed by atoms with van der Waals surface area (Å²) in [4.78, 5) is 8.95. The van der Waals surface area contributed by atoms with Gasteiger partial charge in [0.2, 0.25) is 0 Å². The minimum Gasteiger partial charge on any atom is -0.377 e. The number of nitrogens with zero attached hydrogens (tertiary/aromatic N) is 2. The average Bonchev–Trinajstić information content (AvgIpc) is 2.24. The van der Waals surface area contributed by atoms with Crippen LogP contribution in [-0.4, -0.2) is 23.6 Å². The molecule has 0 spiro atoms. The van der Waals surface area contributed by atoms with Gasteiger partial charge in [0.1, 0.15) is 12.4 Å². The maximum absolute atomic E-state index is 5.09. The molecular weight excluding hydrogens is 282 g/mol. The van der Waals surface area contributed by atoms with Crippen molar-refractivity contribution in [2.75, 3.05) is 19.0 Å². The summed E-state index contributed by atoms with van der Waals surface area (Å²) in [5.41, 5.74) is 1.04. The van der Waals surface area contributed by atoms with Crippen LogP contribution in [0.3, 0.4) is 0 Å². The smallest absolute Gasteiger partial charge is 0.156 e. The fourth-order valence-corrected chi connectivity index (χ4v) is 2.02. The molecule has 96 valence electrons. The molecule has 0 bridgehead atoms. The number of ether oxygens (including phenoxy) is 1. The van der Waals surface area contributed by atoms with Gasteiger partial charge in [0.05, 0.1) is 10.2 Å². The van der Waals surface area contributed by atoms with E-state index in [9.17, 15) is 0 Å².